The first-order valence-electron chi connectivity index (χ1n) is 6.49. The molecular weight excluding hydrogens is 244 g/mol. The summed E-state index contributed by atoms with van der Waals surface area (Å²) in [6.45, 7) is 8.18. The summed E-state index contributed by atoms with van der Waals surface area (Å²) in [6, 6.07) is 2.36. The molecule has 0 saturated carbocycles. The quantitative estimate of drug-likeness (QED) is 0.872. The molecule has 0 saturated heterocycles. The molecule has 1 atom stereocenters. The van der Waals surface area contributed by atoms with E-state index < -0.39 is 0 Å². The number of rotatable bonds is 6. The minimum absolute atomic E-state index is 0.160. The molecule has 4 nitrogen and oxygen atoms in total. The van der Waals surface area contributed by atoms with E-state index in [1.807, 2.05) is 4.68 Å². The van der Waals surface area contributed by atoms with Crippen molar-refractivity contribution in [3.8, 4) is 0 Å². The van der Waals surface area contributed by atoms with Gasteiger partial charge in [-0.2, -0.15) is 5.10 Å². The number of aryl methyl sites for hydroxylation is 2. The lowest BCUT2D eigenvalue weighted by Crippen LogP contribution is -2.25. The van der Waals surface area contributed by atoms with Gasteiger partial charge in [-0.3, -0.25) is 0 Å². The van der Waals surface area contributed by atoms with Crippen LogP contribution in [0.1, 0.15) is 43.1 Å². The SMILES string of the molecule is CCNC(c1sccc1CC)c1ncnn1CC. The molecule has 1 unspecified atom stereocenters. The summed E-state index contributed by atoms with van der Waals surface area (Å²) < 4.78 is 1.96. The van der Waals surface area contributed by atoms with E-state index >= 15 is 0 Å². The van der Waals surface area contributed by atoms with E-state index in [-0.39, 0.29) is 6.04 Å². The smallest absolute Gasteiger partial charge is 0.149 e. The molecule has 0 aliphatic carbocycles. The maximum atomic E-state index is 4.43. The van der Waals surface area contributed by atoms with Crippen LogP contribution < -0.4 is 5.32 Å². The normalized spacial score (nSPS) is 12.8. The highest BCUT2D eigenvalue weighted by Gasteiger charge is 2.22. The number of hydrogen-bond donors (Lipinski definition) is 1. The van der Waals surface area contributed by atoms with Gasteiger partial charge in [0.2, 0.25) is 0 Å². The van der Waals surface area contributed by atoms with Crippen molar-refractivity contribution in [2.75, 3.05) is 6.54 Å². The zero-order valence-electron chi connectivity index (χ0n) is 11.2. The molecular formula is C13H20N4S. The average molecular weight is 264 g/mol. The third-order valence-corrected chi connectivity index (χ3v) is 4.06. The Balaban J connectivity index is 2.40. The molecule has 0 fully saturated rings. The lowest BCUT2D eigenvalue weighted by Gasteiger charge is -2.18. The minimum atomic E-state index is 0.160. The van der Waals surface area contributed by atoms with Gasteiger partial charge in [-0.1, -0.05) is 13.8 Å². The van der Waals surface area contributed by atoms with Crippen molar-refractivity contribution in [3.63, 3.8) is 0 Å². The molecule has 5 heteroatoms. The molecule has 0 aromatic carbocycles. The Morgan fingerprint density at radius 3 is 2.89 bits per heavy atom. The summed E-state index contributed by atoms with van der Waals surface area (Å²) in [6.07, 6.45) is 2.70. The first-order chi connectivity index (χ1) is 8.81. The van der Waals surface area contributed by atoms with Crippen molar-refractivity contribution in [2.45, 2.75) is 39.8 Å². The molecule has 2 aromatic rings. The Morgan fingerprint density at radius 2 is 2.22 bits per heavy atom. The molecule has 0 aliphatic rings. The standard InChI is InChI=1S/C13H20N4S/c1-4-10-7-8-18-12(10)11(14-5-2)13-15-9-16-17(13)6-3/h7-9,11,14H,4-6H2,1-3H3. The summed E-state index contributed by atoms with van der Waals surface area (Å²) in [5, 5.41) is 9.96. The van der Waals surface area contributed by atoms with Crippen LogP contribution in [0.25, 0.3) is 0 Å². The van der Waals surface area contributed by atoms with E-state index in [4.69, 9.17) is 0 Å². The van der Waals surface area contributed by atoms with Crippen molar-refractivity contribution in [3.05, 3.63) is 34.0 Å². The first kappa shape index (κ1) is 13.2. The monoisotopic (exact) mass is 264 g/mol. The second kappa shape index (κ2) is 6.11. The summed E-state index contributed by atoms with van der Waals surface area (Å²) in [7, 11) is 0. The van der Waals surface area contributed by atoms with Gasteiger partial charge in [0.25, 0.3) is 0 Å². The molecule has 2 rings (SSSR count). The molecule has 2 aromatic heterocycles. The van der Waals surface area contributed by atoms with Crippen LogP contribution in [-0.2, 0) is 13.0 Å². The van der Waals surface area contributed by atoms with Crippen molar-refractivity contribution >= 4 is 11.3 Å². The predicted octanol–water partition coefficient (Wildman–Crippen LogP) is 2.62. The Hall–Kier alpha value is -1.20. The molecule has 0 amide bonds. The highest BCUT2D eigenvalue weighted by Crippen LogP contribution is 2.29. The largest absolute Gasteiger partial charge is 0.303 e. The van der Waals surface area contributed by atoms with Crippen LogP contribution in [0.2, 0.25) is 0 Å². The molecule has 98 valence electrons. The van der Waals surface area contributed by atoms with Crippen LogP contribution in [0.15, 0.2) is 17.8 Å². The fourth-order valence-corrected chi connectivity index (χ4v) is 3.21. The van der Waals surface area contributed by atoms with Crippen LogP contribution in [-0.4, -0.2) is 21.3 Å². The van der Waals surface area contributed by atoms with Crippen LogP contribution in [0, 0.1) is 0 Å². The molecule has 0 aliphatic heterocycles. The van der Waals surface area contributed by atoms with Crippen LogP contribution in [0.3, 0.4) is 0 Å². The van der Waals surface area contributed by atoms with Crippen molar-refractivity contribution in [1.82, 2.24) is 20.1 Å². The maximum absolute atomic E-state index is 4.43. The van der Waals surface area contributed by atoms with E-state index in [9.17, 15) is 0 Å². The van der Waals surface area contributed by atoms with Crippen LogP contribution in [0.5, 0.6) is 0 Å². The van der Waals surface area contributed by atoms with E-state index in [2.05, 4.69) is 47.6 Å². The lowest BCUT2D eigenvalue weighted by molar-refractivity contribution is 0.534. The van der Waals surface area contributed by atoms with Crippen LogP contribution >= 0.6 is 11.3 Å². The van der Waals surface area contributed by atoms with Gasteiger partial charge in [0.1, 0.15) is 18.2 Å². The Kier molecular flexibility index (Phi) is 4.49. The number of hydrogen-bond acceptors (Lipinski definition) is 4. The number of nitrogens with one attached hydrogen (secondary N) is 1. The topological polar surface area (TPSA) is 42.7 Å². The van der Waals surface area contributed by atoms with Crippen molar-refractivity contribution in [1.29, 1.82) is 0 Å². The molecule has 0 bridgehead atoms. The third kappa shape index (κ3) is 2.47. The fourth-order valence-electron chi connectivity index (χ4n) is 2.14. The van der Waals surface area contributed by atoms with E-state index in [1.165, 1.54) is 10.4 Å². The van der Waals surface area contributed by atoms with E-state index in [1.54, 1.807) is 17.7 Å². The lowest BCUT2D eigenvalue weighted by atomic mass is 10.1. The second-order valence-corrected chi connectivity index (χ2v) is 5.04. The van der Waals surface area contributed by atoms with E-state index in [0.717, 1.165) is 25.3 Å². The van der Waals surface area contributed by atoms with Gasteiger partial charge in [-0.15, -0.1) is 11.3 Å². The summed E-state index contributed by atoms with van der Waals surface area (Å²) in [4.78, 5) is 5.80. The summed E-state index contributed by atoms with van der Waals surface area (Å²) in [5.74, 6) is 1.01. The molecule has 1 N–H and O–H groups in total. The number of aromatic nitrogens is 3. The number of thiophene rings is 1. The zero-order chi connectivity index (χ0) is 13.0. The third-order valence-electron chi connectivity index (χ3n) is 3.04. The summed E-state index contributed by atoms with van der Waals surface area (Å²) >= 11 is 1.80. The second-order valence-electron chi connectivity index (χ2n) is 4.09. The van der Waals surface area contributed by atoms with Crippen molar-refractivity contribution < 1.29 is 0 Å². The molecule has 0 radical (unpaired) electrons. The van der Waals surface area contributed by atoms with Gasteiger partial charge in [-0.05, 0) is 36.9 Å². The predicted molar refractivity (Wildman–Crippen MR) is 74.9 cm³/mol. The Labute approximate surface area is 112 Å². The van der Waals surface area contributed by atoms with Gasteiger partial charge in [0.05, 0.1) is 0 Å². The first-order valence-corrected chi connectivity index (χ1v) is 7.37. The Morgan fingerprint density at radius 1 is 1.39 bits per heavy atom. The summed E-state index contributed by atoms with van der Waals surface area (Å²) in [5.41, 5.74) is 1.40. The maximum Gasteiger partial charge on any atom is 0.149 e. The van der Waals surface area contributed by atoms with Gasteiger partial charge in [-0.25, -0.2) is 9.67 Å². The minimum Gasteiger partial charge on any atom is -0.303 e. The van der Waals surface area contributed by atoms with Crippen molar-refractivity contribution in [2.24, 2.45) is 0 Å². The number of nitrogens with zero attached hydrogens (tertiary/aromatic N) is 3. The van der Waals surface area contributed by atoms with Gasteiger partial charge < -0.3 is 5.32 Å². The highest BCUT2D eigenvalue weighted by atomic mass is 32.1. The Bertz CT molecular complexity index is 446. The van der Waals surface area contributed by atoms with Gasteiger partial charge in [0, 0.05) is 11.4 Å². The van der Waals surface area contributed by atoms with Gasteiger partial charge in [0.15, 0.2) is 0 Å². The molecule has 2 heterocycles. The zero-order valence-corrected chi connectivity index (χ0v) is 12.0. The highest BCUT2D eigenvalue weighted by molar-refractivity contribution is 7.10. The fraction of sp³-hybridized carbons (Fsp3) is 0.538. The van der Waals surface area contributed by atoms with Gasteiger partial charge >= 0.3 is 0 Å². The van der Waals surface area contributed by atoms with E-state index in [0.29, 0.717) is 0 Å². The molecule has 0 spiro atoms. The van der Waals surface area contributed by atoms with Crippen LogP contribution in [0.4, 0.5) is 0 Å². The molecule has 18 heavy (non-hydrogen) atoms. The average Bonchev–Trinajstić information content (AvgIpc) is 3.04.